The van der Waals surface area contributed by atoms with Gasteiger partial charge in [-0.3, -0.25) is 25.0 Å². The van der Waals surface area contributed by atoms with E-state index in [0.29, 0.717) is 30.2 Å². The Morgan fingerprint density at radius 2 is 1.71 bits per heavy atom. The Balaban J connectivity index is 1.86. The predicted molar refractivity (Wildman–Crippen MR) is 109 cm³/mol. The molecule has 2 aromatic carbocycles. The van der Waals surface area contributed by atoms with Crippen LogP contribution >= 0.6 is 11.3 Å². The van der Waals surface area contributed by atoms with Gasteiger partial charge in [0.05, 0.1) is 38.2 Å². The molecule has 12 heteroatoms. The highest BCUT2D eigenvalue weighted by Gasteiger charge is 2.21. The molecule has 0 saturated carbocycles. The molecule has 0 radical (unpaired) electrons. The molecule has 0 atom stereocenters. The average molecular weight is 440 g/mol. The number of hydrogen-bond acceptors (Lipinski definition) is 8. The van der Waals surface area contributed by atoms with E-state index in [1.807, 2.05) is 0 Å². The van der Waals surface area contributed by atoms with Crippen LogP contribution in [0.4, 0.5) is 11.4 Å². The molecule has 31 heavy (non-hydrogen) atoms. The number of carbonyl (C=O) groups excluding carboxylic acids is 1. The highest BCUT2D eigenvalue weighted by molar-refractivity contribution is 7.16. The lowest BCUT2D eigenvalue weighted by atomic mass is 10.1. The number of carbonyl (C=O) groups is 1. The van der Waals surface area contributed by atoms with Crippen LogP contribution in [0, 0.1) is 32.6 Å². The second kappa shape index (κ2) is 7.88. The minimum Gasteiger partial charge on any atom is -0.486 e. The van der Waals surface area contributed by atoms with Crippen molar-refractivity contribution in [2.75, 3.05) is 13.2 Å². The lowest BCUT2D eigenvalue weighted by molar-refractivity contribution is -0.394. The molecule has 0 fully saturated rings. The minimum atomic E-state index is -0.874. The van der Waals surface area contributed by atoms with E-state index in [2.05, 4.69) is 10.9 Å². The molecule has 156 valence electrons. The number of nitrogens with zero attached hydrogens (tertiary/aromatic N) is 4. The molecule has 2 heterocycles. The first-order valence-corrected chi connectivity index (χ1v) is 9.58. The largest absolute Gasteiger partial charge is 0.486 e. The molecule has 0 spiro atoms. The smallest absolute Gasteiger partial charge is 0.280 e. The summed E-state index contributed by atoms with van der Waals surface area (Å²) in [6.45, 7) is 0.912. The summed E-state index contributed by atoms with van der Waals surface area (Å²) in [4.78, 5) is 37.5. The van der Waals surface area contributed by atoms with Crippen LogP contribution in [-0.2, 0) is 6.54 Å². The zero-order valence-electron chi connectivity index (χ0n) is 15.6. The lowest BCUT2D eigenvalue weighted by Gasteiger charge is -2.18. The number of benzene rings is 2. The fraction of sp³-hybridized carbons (Fsp3) is 0.158. The standard InChI is InChI=1S/C19H12N4O7S/c1-2-3-21-14-9-15-16(30-5-4-29-15)10-17(14)31-19(21)20-18(24)11-6-12(22(25)26)8-13(7-11)23(27)28/h1,6-10H,3-5H2. The van der Waals surface area contributed by atoms with Crippen molar-refractivity contribution < 1.29 is 24.1 Å². The molecule has 1 aromatic heterocycles. The number of nitro groups is 2. The van der Waals surface area contributed by atoms with Gasteiger partial charge in [0.1, 0.15) is 13.2 Å². The number of fused-ring (bicyclic) bond motifs is 2. The summed E-state index contributed by atoms with van der Waals surface area (Å²) in [6, 6.07) is 6.15. The first-order chi connectivity index (χ1) is 14.9. The van der Waals surface area contributed by atoms with Gasteiger partial charge in [-0.25, -0.2) is 0 Å². The summed E-state index contributed by atoms with van der Waals surface area (Å²) in [6.07, 6.45) is 5.47. The summed E-state index contributed by atoms with van der Waals surface area (Å²) < 4.78 is 13.5. The Bertz CT molecular complexity index is 1330. The highest BCUT2D eigenvalue weighted by atomic mass is 32.1. The molecule has 11 nitrogen and oxygen atoms in total. The van der Waals surface area contributed by atoms with Crippen LogP contribution in [0.1, 0.15) is 10.4 Å². The van der Waals surface area contributed by atoms with E-state index >= 15 is 0 Å². The van der Waals surface area contributed by atoms with Crippen LogP contribution in [0.15, 0.2) is 35.3 Å². The second-order valence-electron chi connectivity index (χ2n) is 6.31. The third-order valence-corrected chi connectivity index (χ3v) is 5.41. The number of aromatic nitrogens is 1. The van der Waals surface area contributed by atoms with Gasteiger partial charge in [-0.15, -0.1) is 6.42 Å². The third-order valence-electron chi connectivity index (χ3n) is 4.36. The first kappa shape index (κ1) is 20.0. The number of thiazole rings is 1. The first-order valence-electron chi connectivity index (χ1n) is 8.77. The summed E-state index contributed by atoms with van der Waals surface area (Å²) in [5.41, 5.74) is -0.773. The van der Waals surface area contributed by atoms with Crippen LogP contribution in [0.5, 0.6) is 11.5 Å². The summed E-state index contributed by atoms with van der Waals surface area (Å²) in [5.74, 6) is 2.71. The minimum absolute atomic E-state index is 0.0981. The van der Waals surface area contributed by atoms with E-state index in [4.69, 9.17) is 15.9 Å². The van der Waals surface area contributed by atoms with Crippen LogP contribution in [-0.4, -0.2) is 33.5 Å². The van der Waals surface area contributed by atoms with Gasteiger partial charge in [0.25, 0.3) is 17.3 Å². The Labute approximate surface area is 177 Å². The molecular weight excluding hydrogens is 428 g/mol. The molecule has 0 N–H and O–H groups in total. The van der Waals surface area contributed by atoms with Crippen LogP contribution < -0.4 is 14.3 Å². The Kier molecular flexibility index (Phi) is 5.10. The van der Waals surface area contributed by atoms with E-state index in [1.54, 1.807) is 16.7 Å². The van der Waals surface area contributed by atoms with E-state index in [9.17, 15) is 25.0 Å². The van der Waals surface area contributed by atoms with Crippen molar-refractivity contribution >= 4 is 38.8 Å². The number of nitro benzene ring substituents is 2. The molecule has 0 unspecified atom stereocenters. The molecule has 0 bridgehead atoms. The van der Waals surface area contributed by atoms with Gasteiger partial charge in [-0.2, -0.15) is 4.99 Å². The predicted octanol–water partition coefficient (Wildman–Crippen LogP) is 2.66. The van der Waals surface area contributed by atoms with Crippen molar-refractivity contribution in [2.45, 2.75) is 6.54 Å². The number of hydrogen-bond donors (Lipinski definition) is 0. The van der Waals surface area contributed by atoms with Gasteiger partial charge in [-0.1, -0.05) is 17.3 Å². The Hall–Kier alpha value is -4.24. The van der Waals surface area contributed by atoms with Gasteiger partial charge in [0, 0.05) is 24.3 Å². The van der Waals surface area contributed by atoms with Gasteiger partial charge < -0.3 is 14.0 Å². The van der Waals surface area contributed by atoms with E-state index < -0.39 is 27.1 Å². The van der Waals surface area contributed by atoms with Gasteiger partial charge in [0.2, 0.25) is 0 Å². The number of non-ortho nitro benzene ring substituents is 2. The quantitative estimate of drug-likeness (QED) is 0.345. The van der Waals surface area contributed by atoms with Crippen molar-refractivity contribution in [3.8, 4) is 23.8 Å². The molecule has 1 aliphatic heterocycles. The molecule has 0 saturated heterocycles. The maximum absolute atomic E-state index is 12.7. The highest BCUT2D eigenvalue weighted by Crippen LogP contribution is 2.35. The number of rotatable bonds is 4. The SMILES string of the molecule is C#CCn1c(=NC(=O)c2cc([N+](=O)[O-])cc([N+](=O)[O-])c2)sc2cc3c(cc21)OCCO3. The Morgan fingerprint density at radius 1 is 1.10 bits per heavy atom. The molecule has 3 aromatic rings. The summed E-state index contributed by atoms with van der Waals surface area (Å²) >= 11 is 1.16. The van der Waals surface area contributed by atoms with Crippen LogP contribution in [0.25, 0.3) is 10.2 Å². The lowest BCUT2D eigenvalue weighted by Crippen LogP contribution is -2.17. The summed E-state index contributed by atoms with van der Waals surface area (Å²) in [7, 11) is 0. The molecule has 1 amide bonds. The van der Waals surface area contributed by atoms with Crippen LogP contribution in [0.2, 0.25) is 0 Å². The van der Waals surface area contributed by atoms with E-state index in [0.717, 1.165) is 34.2 Å². The number of ether oxygens (including phenoxy) is 2. The van der Waals surface area contributed by atoms with Gasteiger partial charge in [-0.05, 0) is 0 Å². The topological polar surface area (TPSA) is 139 Å². The molecule has 1 aliphatic rings. The van der Waals surface area contributed by atoms with Crippen molar-refractivity contribution in [3.63, 3.8) is 0 Å². The number of amides is 1. The normalized spacial score (nSPS) is 13.1. The third kappa shape index (κ3) is 3.81. The zero-order chi connectivity index (χ0) is 22.1. The van der Waals surface area contributed by atoms with Crippen molar-refractivity contribution in [1.29, 1.82) is 0 Å². The summed E-state index contributed by atoms with van der Waals surface area (Å²) in [5, 5.41) is 22.2. The van der Waals surface area contributed by atoms with Gasteiger partial charge >= 0.3 is 0 Å². The number of terminal acetylenes is 1. The fourth-order valence-corrected chi connectivity index (χ4v) is 4.05. The maximum Gasteiger partial charge on any atom is 0.280 e. The monoisotopic (exact) mass is 440 g/mol. The van der Waals surface area contributed by atoms with E-state index in [1.165, 1.54) is 0 Å². The fourth-order valence-electron chi connectivity index (χ4n) is 3.02. The van der Waals surface area contributed by atoms with Crippen molar-refractivity contribution in [2.24, 2.45) is 4.99 Å². The van der Waals surface area contributed by atoms with Crippen LogP contribution in [0.3, 0.4) is 0 Å². The van der Waals surface area contributed by atoms with Gasteiger partial charge in [0.15, 0.2) is 16.3 Å². The molecular formula is C19H12N4O7S. The second-order valence-corrected chi connectivity index (χ2v) is 7.32. The maximum atomic E-state index is 12.7. The molecule has 0 aliphatic carbocycles. The zero-order valence-corrected chi connectivity index (χ0v) is 16.5. The van der Waals surface area contributed by atoms with Crippen molar-refractivity contribution in [3.05, 3.63) is 60.9 Å². The van der Waals surface area contributed by atoms with E-state index in [-0.39, 0.29) is 16.9 Å². The Morgan fingerprint density at radius 3 is 2.29 bits per heavy atom. The van der Waals surface area contributed by atoms with Crippen molar-refractivity contribution in [1.82, 2.24) is 4.57 Å². The molecule has 4 rings (SSSR count). The average Bonchev–Trinajstić information content (AvgIpc) is 3.07.